The van der Waals surface area contributed by atoms with Crippen LogP contribution in [-0.4, -0.2) is 19.8 Å². The molecular weight excluding hydrogens is 332 g/mol. The number of rotatable bonds is 5. The van der Waals surface area contributed by atoms with Gasteiger partial charge in [0.2, 0.25) is 0 Å². The minimum atomic E-state index is -0.237. The number of aryl methyl sites for hydroxylation is 1. The lowest BCUT2D eigenvalue weighted by Crippen LogP contribution is -2.27. The van der Waals surface area contributed by atoms with E-state index in [1.165, 1.54) is 10.5 Å². The van der Waals surface area contributed by atoms with E-state index in [1.54, 1.807) is 26.0 Å². The molecule has 0 radical (unpaired) electrons. The van der Waals surface area contributed by atoms with Crippen molar-refractivity contribution in [2.24, 2.45) is 0 Å². The summed E-state index contributed by atoms with van der Waals surface area (Å²) >= 11 is 1.80. The van der Waals surface area contributed by atoms with Gasteiger partial charge in [-0.05, 0) is 62.2 Å². The Bertz CT molecular complexity index is 809. The quantitative estimate of drug-likeness (QED) is 0.662. The average Bonchev–Trinajstić information content (AvgIpc) is 2.58. The fourth-order valence-corrected chi connectivity index (χ4v) is 3.80. The number of ether oxygens (including phenoxy) is 3. The maximum absolute atomic E-state index is 5.98. The molecule has 0 spiro atoms. The van der Waals surface area contributed by atoms with Crippen molar-refractivity contribution in [3.8, 4) is 17.2 Å². The summed E-state index contributed by atoms with van der Waals surface area (Å²) < 4.78 is 16.8. The monoisotopic (exact) mass is 356 g/mol. The van der Waals surface area contributed by atoms with Gasteiger partial charge >= 0.3 is 0 Å². The van der Waals surface area contributed by atoms with Crippen LogP contribution in [0, 0.1) is 6.92 Å². The van der Waals surface area contributed by atoms with Crippen molar-refractivity contribution in [2.45, 2.75) is 37.0 Å². The summed E-state index contributed by atoms with van der Waals surface area (Å²) in [6, 6.07) is 10.6. The van der Waals surface area contributed by atoms with Gasteiger partial charge in [0.15, 0.2) is 11.5 Å². The predicted octanol–water partition coefficient (Wildman–Crippen LogP) is 5.49. The van der Waals surface area contributed by atoms with E-state index in [-0.39, 0.29) is 5.60 Å². The molecule has 0 N–H and O–H groups in total. The molecule has 0 saturated carbocycles. The van der Waals surface area contributed by atoms with E-state index in [4.69, 9.17) is 14.2 Å². The topological polar surface area (TPSA) is 27.7 Å². The van der Waals surface area contributed by atoms with Crippen LogP contribution in [0.1, 0.15) is 30.5 Å². The van der Waals surface area contributed by atoms with Crippen LogP contribution in [0.2, 0.25) is 0 Å². The summed E-state index contributed by atoms with van der Waals surface area (Å²) in [5, 5.41) is 0. The Labute approximate surface area is 154 Å². The van der Waals surface area contributed by atoms with Gasteiger partial charge in [0.25, 0.3) is 0 Å². The van der Waals surface area contributed by atoms with Crippen LogP contribution in [0.5, 0.6) is 17.2 Å². The molecule has 1 aliphatic rings. The van der Waals surface area contributed by atoms with Gasteiger partial charge in [-0.2, -0.15) is 0 Å². The molecule has 0 amide bonds. The van der Waals surface area contributed by atoms with Crippen molar-refractivity contribution in [1.29, 1.82) is 0 Å². The summed E-state index contributed by atoms with van der Waals surface area (Å²) in [5.74, 6) is 3.40. The van der Waals surface area contributed by atoms with E-state index in [0.29, 0.717) is 0 Å². The van der Waals surface area contributed by atoms with Crippen molar-refractivity contribution in [1.82, 2.24) is 0 Å². The zero-order valence-electron chi connectivity index (χ0n) is 15.4. The van der Waals surface area contributed by atoms with E-state index >= 15 is 0 Å². The van der Waals surface area contributed by atoms with Gasteiger partial charge in [-0.25, -0.2) is 0 Å². The number of hydrogen-bond acceptors (Lipinski definition) is 4. The van der Waals surface area contributed by atoms with Crippen LogP contribution in [0.3, 0.4) is 0 Å². The van der Waals surface area contributed by atoms with Gasteiger partial charge in [-0.15, -0.1) is 11.8 Å². The summed E-state index contributed by atoms with van der Waals surface area (Å²) in [6.45, 7) is 6.17. The third kappa shape index (κ3) is 3.96. The van der Waals surface area contributed by atoms with Gasteiger partial charge < -0.3 is 14.2 Å². The van der Waals surface area contributed by atoms with Crippen molar-refractivity contribution >= 4 is 17.8 Å². The number of benzene rings is 2. The second-order valence-electron chi connectivity index (χ2n) is 6.68. The summed E-state index contributed by atoms with van der Waals surface area (Å²) in [7, 11) is 3.34. The molecule has 0 aliphatic carbocycles. The van der Waals surface area contributed by atoms with E-state index < -0.39 is 0 Å². The minimum Gasteiger partial charge on any atom is -0.493 e. The van der Waals surface area contributed by atoms with Crippen molar-refractivity contribution in [2.75, 3.05) is 14.2 Å². The third-order valence-corrected chi connectivity index (χ3v) is 5.21. The van der Waals surface area contributed by atoms with E-state index in [0.717, 1.165) is 34.1 Å². The van der Waals surface area contributed by atoms with Crippen LogP contribution < -0.4 is 14.2 Å². The predicted molar refractivity (Wildman–Crippen MR) is 104 cm³/mol. The molecule has 2 aromatic rings. The largest absolute Gasteiger partial charge is 0.493 e. The highest BCUT2D eigenvalue weighted by atomic mass is 32.2. The number of thioether (sulfide) groups is 1. The first-order chi connectivity index (χ1) is 11.9. The molecule has 1 heterocycles. The molecule has 0 aromatic heterocycles. The van der Waals surface area contributed by atoms with Crippen LogP contribution >= 0.6 is 11.8 Å². The van der Waals surface area contributed by atoms with E-state index in [2.05, 4.69) is 50.3 Å². The van der Waals surface area contributed by atoms with Crippen LogP contribution in [-0.2, 0) is 5.75 Å². The van der Waals surface area contributed by atoms with Crippen molar-refractivity contribution < 1.29 is 14.2 Å². The first-order valence-corrected chi connectivity index (χ1v) is 9.27. The molecule has 1 aliphatic heterocycles. The van der Waals surface area contributed by atoms with Gasteiger partial charge in [0.1, 0.15) is 11.4 Å². The van der Waals surface area contributed by atoms with E-state index in [1.807, 2.05) is 13.0 Å². The molecule has 0 fully saturated rings. The normalized spacial score (nSPS) is 14.6. The highest BCUT2D eigenvalue weighted by molar-refractivity contribution is 7.98. The molecule has 0 saturated heterocycles. The second kappa shape index (κ2) is 7.04. The number of methoxy groups -OCH3 is 2. The first kappa shape index (κ1) is 17.7. The van der Waals surface area contributed by atoms with Crippen LogP contribution in [0.15, 0.2) is 41.3 Å². The molecule has 132 valence electrons. The molecule has 0 bridgehead atoms. The van der Waals surface area contributed by atoms with Gasteiger partial charge in [0, 0.05) is 16.2 Å². The summed E-state index contributed by atoms with van der Waals surface area (Å²) in [6.07, 6.45) is 4.24. The SMILES string of the molecule is COc1cc(CSc2ccc3c(c2)C=CC(C)(C)O3)cc(C)c1OC. The lowest BCUT2D eigenvalue weighted by Gasteiger charge is -2.28. The lowest BCUT2D eigenvalue weighted by atomic mass is 10.0. The molecule has 25 heavy (non-hydrogen) atoms. The van der Waals surface area contributed by atoms with Crippen LogP contribution in [0.4, 0.5) is 0 Å². The molecule has 4 heteroatoms. The lowest BCUT2D eigenvalue weighted by molar-refractivity contribution is 0.159. The number of fused-ring (bicyclic) bond motifs is 1. The second-order valence-corrected chi connectivity index (χ2v) is 7.72. The smallest absolute Gasteiger partial charge is 0.163 e. The van der Waals surface area contributed by atoms with Gasteiger partial charge in [0.05, 0.1) is 14.2 Å². The zero-order valence-corrected chi connectivity index (χ0v) is 16.2. The van der Waals surface area contributed by atoms with Gasteiger partial charge in [-0.3, -0.25) is 0 Å². The number of hydrogen-bond donors (Lipinski definition) is 0. The Morgan fingerprint density at radius 2 is 1.88 bits per heavy atom. The third-order valence-electron chi connectivity index (χ3n) is 4.15. The zero-order chi connectivity index (χ0) is 18.0. The Balaban J connectivity index is 1.76. The van der Waals surface area contributed by atoms with Gasteiger partial charge in [-0.1, -0.05) is 12.1 Å². The van der Waals surface area contributed by atoms with Crippen LogP contribution in [0.25, 0.3) is 6.08 Å². The minimum absolute atomic E-state index is 0.237. The Morgan fingerprint density at radius 3 is 2.60 bits per heavy atom. The Hall–Kier alpha value is -2.07. The van der Waals surface area contributed by atoms with Crippen molar-refractivity contribution in [3.63, 3.8) is 0 Å². The molecule has 0 unspecified atom stereocenters. The highest BCUT2D eigenvalue weighted by Crippen LogP contribution is 2.36. The highest BCUT2D eigenvalue weighted by Gasteiger charge is 2.21. The van der Waals surface area contributed by atoms with E-state index in [9.17, 15) is 0 Å². The Kier molecular flexibility index (Phi) is 5.00. The molecule has 0 atom stereocenters. The standard InChI is InChI=1S/C21H24O3S/c1-14-10-15(11-19(22-4)20(14)23-5)13-25-17-6-7-18-16(12-17)8-9-21(2,3)24-18/h6-12H,13H2,1-5H3. The average molecular weight is 356 g/mol. The summed E-state index contributed by atoms with van der Waals surface area (Å²) in [5.41, 5.74) is 3.19. The maximum Gasteiger partial charge on any atom is 0.163 e. The fourth-order valence-electron chi connectivity index (χ4n) is 2.92. The summed E-state index contributed by atoms with van der Waals surface area (Å²) in [4.78, 5) is 1.22. The molecule has 3 rings (SSSR count). The first-order valence-electron chi connectivity index (χ1n) is 8.28. The molecular formula is C21H24O3S. The fraction of sp³-hybridized carbons (Fsp3) is 0.333. The molecule has 3 nitrogen and oxygen atoms in total. The van der Waals surface area contributed by atoms with Crippen molar-refractivity contribution in [3.05, 3.63) is 53.1 Å². The molecule has 2 aromatic carbocycles. The Morgan fingerprint density at radius 1 is 1.08 bits per heavy atom. The maximum atomic E-state index is 5.98.